The first-order chi connectivity index (χ1) is 15.2. The number of pyridine rings is 2. The van der Waals surface area contributed by atoms with E-state index in [1.807, 2.05) is 13.8 Å². The van der Waals surface area contributed by atoms with Gasteiger partial charge < -0.3 is 14.9 Å². The summed E-state index contributed by atoms with van der Waals surface area (Å²) in [4.78, 5) is 8.02. The van der Waals surface area contributed by atoms with Crippen molar-refractivity contribution in [1.29, 1.82) is 0 Å². The Kier molecular flexibility index (Phi) is 9.25. The molecule has 1 aliphatic rings. The number of nitrogens with zero attached hydrogens (tertiary/aromatic N) is 2. The van der Waals surface area contributed by atoms with Gasteiger partial charge in [-0.25, -0.2) is 27.8 Å². The van der Waals surface area contributed by atoms with E-state index in [9.17, 15) is 18.6 Å². The monoisotopic (exact) mass is 538 g/mol. The van der Waals surface area contributed by atoms with E-state index in [4.69, 9.17) is 27.9 Å². The van der Waals surface area contributed by atoms with Crippen LogP contribution in [0.3, 0.4) is 0 Å². The lowest BCUT2D eigenvalue weighted by atomic mass is 9.93. The highest BCUT2D eigenvalue weighted by Gasteiger charge is 2.38. The summed E-state index contributed by atoms with van der Waals surface area (Å²) in [6, 6.07) is 3.21. The van der Waals surface area contributed by atoms with Crippen LogP contribution in [0.5, 0.6) is 11.5 Å². The molecule has 0 aliphatic carbocycles. The van der Waals surface area contributed by atoms with Crippen LogP contribution in [0, 0.1) is 13.8 Å². The van der Waals surface area contributed by atoms with Crippen LogP contribution >= 0.6 is 23.2 Å². The number of halogens is 2. The highest BCUT2D eigenvalue weighted by Crippen LogP contribution is 2.39. The summed E-state index contributed by atoms with van der Waals surface area (Å²) in [6.07, 6.45) is 3.04. The number of nitrogens with one attached hydrogen (secondary N) is 2. The van der Waals surface area contributed by atoms with Crippen LogP contribution < -0.4 is 14.2 Å². The Labute approximate surface area is 208 Å². The molecule has 3 rings (SSSR count). The van der Waals surface area contributed by atoms with Gasteiger partial charge in [0.2, 0.25) is 0 Å². The Morgan fingerprint density at radius 1 is 1.15 bits per heavy atom. The molecule has 13 heteroatoms. The van der Waals surface area contributed by atoms with Crippen LogP contribution in [0.2, 0.25) is 10.3 Å². The van der Waals surface area contributed by atoms with Gasteiger partial charge in [0.05, 0.1) is 51.0 Å². The van der Waals surface area contributed by atoms with Crippen LogP contribution in [0.25, 0.3) is 0 Å². The fourth-order valence-corrected chi connectivity index (χ4v) is 5.53. The molecule has 0 aromatic carbocycles. The quantitative estimate of drug-likeness (QED) is 0.414. The first-order valence-corrected chi connectivity index (χ1v) is 13.6. The third-order valence-electron chi connectivity index (χ3n) is 5.00. The van der Waals surface area contributed by atoms with E-state index in [-0.39, 0.29) is 17.5 Å². The van der Waals surface area contributed by atoms with E-state index in [1.54, 1.807) is 26.2 Å². The van der Waals surface area contributed by atoms with E-state index >= 15 is 0 Å². The van der Waals surface area contributed by atoms with Gasteiger partial charge in [-0.3, -0.25) is 0 Å². The predicted molar refractivity (Wildman–Crippen MR) is 131 cm³/mol. The fraction of sp³-hybridized carbons (Fsp3) is 0.500. The number of hydrogen-bond acceptors (Lipinski definition) is 7. The number of ether oxygens (including phenoxy) is 1. The third kappa shape index (κ3) is 6.62. The largest absolute Gasteiger partial charge is 0.506 e. The van der Waals surface area contributed by atoms with Crippen molar-refractivity contribution in [2.45, 2.75) is 38.8 Å². The molecule has 0 fully saturated rings. The highest BCUT2D eigenvalue weighted by molar-refractivity contribution is 7.82. The van der Waals surface area contributed by atoms with Gasteiger partial charge in [-0.2, -0.15) is 0 Å². The summed E-state index contributed by atoms with van der Waals surface area (Å²) >= 11 is 11.7. The molecular weight excluding hydrogens is 511 g/mol. The second-order valence-corrected chi connectivity index (χ2v) is 11.1. The second-order valence-electron chi connectivity index (χ2n) is 8.06. The van der Waals surface area contributed by atoms with Gasteiger partial charge in [-0.05, 0) is 39.8 Å². The van der Waals surface area contributed by atoms with Crippen molar-refractivity contribution < 1.29 is 23.4 Å². The van der Waals surface area contributed by atoms with Crippen LogP contribution in [0.4, 0.5) is 0 Å². The number of hydrogen-bond donors (Lipinski definition) is 4. The lowest BCUT2D eigenvalue weighted by Crippen LogP contribution is -2.43. The molecule has 2 aromatic heterocycles. The summed E-state index contributed by atoms with van der Waals surface area (Å²) in [5.74, 6) is 0.675. The van der Waals surface area contributed by atoms with Crippen LogP contribution in [-0.4, -0.2) is 54.3 Å². The van der Waals surface area contributed by atoms with Crippen LogP contribution in [0.15, 0.2) is 12.1 Å². The van der Waals surface area contributed by atoms with Crippen molar-refractivity contribution in [1.82, 2.24) is 19.4 Å². The molecule has 0 radical (unpaired) electrons. The molecule has 2 aromatic rings. The fourth-order valence-electron chi connectivity index (χ4n) is 3.45. The molecule has 0 saturated heterocycles. The second kappa shape index (κ2) is 10.9. The molecule has 184 valence electrons. The lowest BCUT2D eigenvalue weighted by Gasteiger charge is -2.29. The van der Waals surface area contributed by atoms with Gasteiger partial charge in [-0.15, -0.1) is 0 Å². The van der Waals surface area contributed by atoms with Crippen molar-refractivity contribution >= 4 is 45.2 Å². The van der Waals surface area contributed by atoms with Gasteiger partial charge in [0, 0.05) is 23.6 Å². The Morgan fingerprint density at radius 2 is 1.73 bits per heavy atom. The van der Waals surface area contributed by atoms with Gasteiger partial charge in [0.15, 0.2) is 0 Å². The van der Waals surface area contributed by atoms with Gasteiger partial charge in [-0.1, -0.05) is 23.2 Å². The van der Waals surface area contributed by atoms with E-state index in [0.29, 0.717) is 23.0 Å². The molecule has 3 heterocycles. The van der Waals surface area contributed by atoms with E-state index in [2.05, 4.69) is 19.4 Å². The summed E-state index contributed by atoms with van der Waals surface area (Å²) in [5, 5.41) is 20.0. The van der Waals surface area contributed by atoms with Crippen molar-refractivity contribution in [3.8, 4) is 11.5 Å². The third-order valence-corrected chi connectivity index (χ3v) is 6.86. The van der Waals surface area contributed by atoms with Crippen molar-refractivity contribution in [2.75, 3.05) is 25.7 Å². The minimum Gasteiger partial charge on any atom is -0.506 e. The lowest BCUT2D eigenvalue weighted by molar-refractivity contribution is 0.194. The van der Waals surface area contributed by atoms with Crippen molar-refractivity contribution in [3.05, 3.63) is 45.0 Å². The normalized spacial score (nSPS) is 20.6. The zero-order valence-electron chi connectivity index (χ0n) is 19.2. The van der Waals surface area contributed by atoms with Crippen molar-refractivity contribution in [2.24, 2.45) is 0 Å². The smallest absolute Gasteiger partial charge is 0.145 e. The van der Waals surface area contributed by atoms with Gasteiger partial charge >= 0.3 is 0 Å². The first-order valence-electron chi connectivity index (χ1n) is 9.72. The Hall–Kier alpha value is -1.34. The summed E-state index contributed by atoms with van der Waals surface area (Å²) in [7, 11) is -2.45. The molecule has 9 nitrogen and oxygen atoms in total. The molecule has 0 amide bonds. The minimum absolute atomic E-state index is 0.0658. The summed E-state index contributed by atoms with van der Waals surface area (Å²) < 4.78 is 33.8. The number of fused-ring (bicyclic) bond motifs is 1. The zero-order chi connectivity index (χ0) is 25.1. The maximum Gasteiger partial charge on any atom is 0.145 e. The molecule has 4 atom stereocenters. The molecule has 4 N–H and O–H groups in total. The summed E-state index contributed by atoms with van der Waals surface area (Å²) in [6.45, 7) is 7.12. The molecule has 33 heavy (non-hydrogen) atoms. The predicted octanol–water partition coefficient (Wildman–Crippen LogP) is 2.37. The average Bonchev–Trinajstić information content (AvgIpc) is 3.00. The minimum atomic E-state index is -1.34. The Morgan fingerprint density at radius 3 is 2.27 bits per heavy atom. The molecule has 0 bridgehead atoms. The number of aliphatic hydroxyl groups is 1. The molecule has 0 spiro atoms. The molecule has 1 aliphatic heterocycles. The number of aromatic hydroxyl groups is 1. The molecule has 0 saturated carbocycles. The van der Waals surface area contributed by atoms with Crippen LogP contribution in [0.1, 0.15) is 36.4 Å². The number of aromatic nitrogens is 2. The van der Waals surface area contributed by atoms with Crippen molar-refractivity contribution in [3.63, 3.8) is 0 Å². The van der Waals surface area contributed by atoms with E-state index < -0.39 is 33.0 Å². The molecular formula is C20H28Cl2N4O5S2. The number of aliphatic hydroxyl groups excluding tert-OH is 1. The highest BCUT2D eigenvalue weighted by atomic mass is 35.5. The number of aryl methyl sites for hydroxylation is 2. The van der Waals surface area contributed by atoms with E-state index in [1.165, 1.54) is 12.3 Å². The maximum absolute atomic E-state index is 11.3. The maximum atomic E-state index is 11.3. The van der Waals surface area contributed by atoms with Gasteiger partial charge in [0.1, 0.15) is 28.4 Å². The van der Waals surface area contributed by atoms with E-state index in [0.717, 1.165) is 17.0 Å². The summed E-state index contributed by atoms with van der Waals surface area (Å²) in [5.41, 5.74) is 0.895. The van der Waals surface area contributed by atoms with Crippen LogP contribution in [-0.2, 0) is 33.0 Å². The zero-order valence-corrected chi connectivity index (χ0v) is 22.3. The standard InChI is InChI=1S/C10H15ClN2O3S.C10H13ClN2O2S/c1-6-9(15)7(4-8(11)12-6)10(2,5-14)13-17(3)16;1-6-9-7(4-8(11)12-6)10(2,5-15-9)13-16(3)14/h4,13-15H,5H2,1-3H3;4,13H,5H2,1-3H3. The first kappa shape index (κ1) is 27.9. The Bertz CT molecular complexity index is 1090. The Balaban J connectivity index is 0.000000234. The topological polar surface area (TPSA) is 134 Å². The number of rotatable bonds is 6. The van der Waals surface area contributed by atoms with Gasteiger partial charge in [0.25, 0.3) is 0 Å². The SMILES string of the molecule is Cc1nc(Cl)cc(C(C)(CO)NS(C)=O)c1O.Cc1nc(Cl)cc2c1OCC2(C)NS(C)=O. The average molecular weight is 540 g/mol. The molecule has 4 unspecified atom stereocenters.